The van der Waals surface area contributed by atoms with E-state index in [1.807, 2.05) is 72.8 Å². The number of amides is 2. The first kappa shape index (κ1) is 22.0. The van der Waals surface area contributed by atoms with Crippen LogP contribution in [-0.2, 0) is 16.1 Å². The minimum absolute atomic E-state index is 0.0209. The first-order valence-electron chi connectivity index (χ1n) is 11.3. The van der Waals surface area contributed by atoms with Crippen molar-refractivity contribution in [2.45, 2.75) is 19.9 Å². The standard InChI is InChI=1S/C28H25N3O2S/c1-19-26(30-28(34-19)22-10-6-3-7-11-22)21-12-14-24(15-13-21)29-27(33)23-16-25(32)31(18-23)17-20-8-4-2-5-9-20/h2-15,23H,16-18H2,1H3,(H,29,33). The van der Waals surface area contributed by atoms with Crippen molar-refractivity contribution < 1.29 is 9.59 Å². The molecule has 4 aromatic rings. The van der Waals surface area contributed by atoms with Crippen LogP contribution in [0.4, 0.5) is 5.69 Å². The Labute approximate surface area is 203 Å². The maximum absolute atomic E-state index is 12.8. The van der Waals surface area contributed by atoms with E-state index in [0.717, 1.165) is 38.0 Å². The molecule has 3 aromatic carbocycles. The number of nitrogens with one attached hydrogen (secondary N) is 1. The van der Waals surface area contributed by atoms with Gasteiger partial charge in [-0.25, -0.2) is 4.98 Å². The number of aromatic nitrogens is 1. The van der Waals surface area contributed by atoms with E-state index in [1.54, 1.807) is 16.2 Å². The molecule has 5 rings (SSSR count). The average molecular weight is 468 g/mol. The van der Waals surface area contributed by atoms with Gasteiger partial charge < -0.3 is 10.2 Å². The van der Waals surface area contributed by atoms with Crippen LogP contribution < -0.4 is 5.32 Å². The normalized spacial score (nSPS) is 15.5. The molecule has 0 bridgehead atoms. The topological polar surface area (TPSA) is 62.3 Å². The summed E-state index contributed by atoms with van der Waals surface area (Å²) >= 11 is 1.68. The Bertz CT molecular complexity index is 1300. The van der Waals surface area contributed by atoms with Gasteiger partial charge in [-0.05, 0) is 24.6 Å². The minimum Gasteiger partial charge on any atom is -0.338 e. The van der Waals surface area contributed by atoms with Gasteiger partial charge in [-0.2, -0.15) is 0 Å². The number of thiazole rings is 1. The number of nitrogens with zero attached hydrogens (tertiary/aromatic N) is 2. The first-order valence-corrected chi connectivity index (χ1v) is 12.1. The minimum atomic E-state index is -0.342. The summed E-state index contributed by atoms with van der Waals surface area (Å²) < 4.78 is 0. The van der Waals surface area contributed by atoms with Crippen LogP contribution >= 0.6 is 11.3 Å². The van der Waals surface area contributed by atoms with Crippen molar-refractivity contribution in [3.8, 4) is 21.8 Å². The zero-order valence-electron chi connectivity index (χ0n) is 18.9. The van der Waals surface area contributed by atoms with Crippen molar-refractivity contribution >= 4 is 28.8 Å². The SMILES string of the molecule is Cc1sc(-c2ccccc2)nc1-c1ccc(NC(=O)C2CC(=O)N(Cc3ccccc3)C2)cc1. The molecule has 170 valence electrons. The highest BCUT2D eigenvalue weighted by molar-refractivity contribution is 7.15. The predicted octanol–water partition coefficient (Wildman–Crippen LogP) is 5.77. The lowest BCUT2D eigenvalue weighted by Gasteiger charge is -2.16. The summed E-state index contributed by atoms with van der Waals surface area (Å²) in [7, 11) is 0. The monoisotopic (exact) mass is 467 g/mol. The largest absolute Gasteiger partial charge is 0.338 e. The van der Waals surface area contributed by atoms with E-state index in [9.17, 15) is 9.59 Å². The van der Waals surface area contributed by atoms with Gasteiger partial charge in [-0.15, -0.1) is 11.3 Å². The number of hydrogen-bond acceptors (Lipinski definition) is 4. The Morgan fingerprint density at radius 3 is 2.35 bits per heavy atom. The van der Waals surface area contributed by atoms with Crippen LogP contribution in [-0.4, -0.2) is 28.2 Å². The van der Waals surface area contributed by atoms with Gasteiger partial charge in [0.15, 0.2) is 0 Å². The third-order valence-corrected chi connectivity index (χ3v) is 7.06. The number of hydrogen-bond donors (Lipinski definition) is 1. The van der Waals surface area contributed by atoms with E-state index in [4.69, 9.17) is 4.98 Å². The molecule has 0 spiro atoms. The number of anilines is 1. The van der Waals surface area contributed by atoms with Crippen molar-refractivity contribution in [1.82, 2.24) is 9.88 Å². The van der Waals surface area contributed by atoms with E-state index in [-0.39, 0.29) is 24.2 Å². The Morgan fingerprint density at radius 1 is 0.971 bits per heavy atom. The van der Waals surface area contributed by atoms with Crippen LogP contribution in [0.1, 0.15) is 16.9 Å². The van der Waals surface area contributed by atoms with Crippen LogP contribution in [0.5, 0.6) is 0 Å². The van der Waals surface area contributed by atoms with Crippen molar-refractivity contribution in [2.75, 3.05) is 11.9 Å². The maximum atomic E-state index is 12.8. The molecule has 1 unspecified atom stereocenters. The van der Waals surface area contributed by atoms with Gasteiger partial charge in [0.25, 0.3) is 0 Å². The number of aryl methyl sites for hydroxylation is 1. The predicted molar refractivity (Wildman–Crippen MR) is 136 cm³/mol. The fourth-order valence-electron chi connectivity index (χ4n) is 4.23. The number of benzene rings is 3. The number of carbonyl (C=O) groups excluding carboxylic acids is 2. The highest BCUT2D eigenvalue weighted by atomic mass is 32.1. The fraction of sp³-hybridized carbons (Fsp3) is 0.179. The van der Waals surface area contributed by atoms with Crippen LogP contribution in [0.3, 0.4) is 0 Å². The number of rotatable bonds is 6. The molecule has 0 aliphatic carbocycles. The van der Waals surface area contributed by atoms with Gasteiger partial charge in [0.1, 0.15) is 5.01 Å². The summed E-state index contributed by atoms with van der Waals surface area (Å²) in [4.78, 5) is 33.0. The van der Waals surface area contributed by atoms with E-state index < -0.39 is 0 Å². The van der Waals surface area contributed by atoms with Gasteiger partial charge in [0.05, 0.1) is 11.6 Å². The van der Waals surface area contributed by atoms with Gasteiger partial charge in [0, 0.05) is 41.2 Å². The lowest BCUT2D eigenvalue weighted by Crippen LogP contribution is -2.28. The molecule has 2 amide bonds. The second-order valence-electron chi connectivity index (χ2n) is 8.52. The molecular weight excluding hydrogens is 442 g/mol. The molecule has 1 aromatic heterocycles. The molecule has 1 fully saturated rings. The van der Waals surface area contributed by atoms with Crippen molar-refractivity contribution in [3.63, 3.8) is 0 Å². The summed E-state index contributed by atoms with van der Waals surface area (Å²) in [5, 5.41) is 3.97. The molecule has 1 aliphatic rings. The maximum Gasteiger partial charge on any atom is 0.229 e. The highest BCUT2D eigenvalue weighted by Crippen LogP contribution is 2.33. The molecule has 0 radical (unpaired) electrons. The Morgan fingerprint density at radius 2 is 1.65 bits per heavy atom. The first-order chi connectivity index (χ1) is 16.6. The third kappa shape index (κ3) is 4.77. The summed E-state index contributed by atoms with van der Waals surface area (Å²) in [6.45, 7) is 3.06. The summed E-state index contributed by atoms with van der Waals surface area (Å²) in [5.74, 6) is -0.439. The fourth-order valence-corrected chi connectivity index (χ4v) is 5.17. The molecule has 5 nitrogen and oxygen atoms in total. The van der Waals surface area contributed by atoms with Crippen LogP contribution in [0.15, 0.2) is 84.9 Å². The Balaban J connectivity index is 1.23. The van der Waals surface area contributed by atoms with Gasteiger partial charge in [0.2, 0.25) is 11.8 Å². The molecule has 1 saturated heterocycles. The molecule has 2 heterocycles. The Kier molecular flexibility index (Phi) is 6.23. The van der Waals surface area contributed by atoms with E-state index in [1.165, 1.54) is 0 Å². The second kappa shape index (κ2) is 9.61. The van der Waals surface area contributed by atoms with Crippen LogP contribution in [0.2, 0.25) is 0 Å². The lowest BCUT2D eigenvalue weighted by molar-refractivity contribution is -0.128. The van der Waals surface area contributed by atoms with Crippen molar-refractivity contribution in [3.05, 3.63) is 95.4 Å². The van der Waals surface area contributed by atoms with Crippen molar-refractivity contribution in [1.29, 1.82) is 0 Å². The van der Waals surface area contributed by atoms with E-state index >= 15 is 0 Å². The molecule has 6 heteroatoms. The lowest BCUT2D eigenvalue weighted by atomic mass is 10.1. The molecule has 1 atom stereocenters. The number of carbonyl (C=O) groups is 2. The average Bonchev–Trinajstić information content (AvgIpc) is 3.43. The van der Waals surface area contributed by atoms with E-state index in [2.05, 4.69) is 24.4 Å². The molecule has 1 N–H and O–H groups in total. The smallest absolute Gasteiger partial charge is 0.229 e. The van der Waals surface area contributed by atoms with Gasteiger partial charge in [-0.3, -0.25) is 9.59 Å². The summed E-state index contributed by atoms with van der Waals surface area (Å²) in [6, 6.07) is 27.8. The zero-order chi connectivity index (χ0) is 23.5. The van der Waals surface area contributed by atoms with Gasteiger partial charge in [-0.1, -0.05) is 72.8 Å². The zero-order valence-corrected chi connectivity index (χ0v) is 19.7. The van der Waals surface area contributed by atoms with Crippen molar-refractivity contribution in [2.24, 2.45) is 5.92 Å². The molecule has 0 saturated carbocycles. The third-order valence-electron chi connectivity index (χ3n) is 6.04. The quantitative estimate of drug-likeness (QED) is 0.391. The van der Waals surface area contributed by atoms with E-state index in [0.29, 0.717) is 13.1 Å². The molecule has 34 heavy (non-hydrogen) atoms. The summed E-state index contributed by atoms with van der Waals surface area (Å²) in [6.07, 6.45) is 0.247. The molecular formula is C28H25N3O2S. The Hall–Kier alpha value is -3.77. The van der Waals surface area contributed by atoms with Crippen LogP contribution in [0.25, 0.3) is 21.8 Å². The molecule has 1 aliphatic heterocycles. The summed E-state index contributed by atoms with van der Waals surface area (Å²) in [5.41, 5.74) is 4.87. The second-order valence-corrected chi connectivity index (χ2v) is 9.72. The van der Waals surface area contributed by atoms with Crippen LogP contribution in [0, 0.1) is 12.8 Å². The van der Waals surface area contributed by atoms with Gasteiger partial charge >= 0.3 is 0 Å². The number of likely N-dealkylation sites (tertiary alicyclic amines) is 1. The highest BCUT2D eigenvalue weighted by Gasteiger charge is 2.34.